The second-order valence-corrected chi connectivity index (χ2v) is 8.04. The first-order valence-corrected chi connectivity index (χ1v) is 10.8. The molecule has 30 heavy (non-hydrogen) atoms. The molecule has 0 aliphatic heterocycles. The van der Waals surface area contributed by atoms with E-state index in [0.717, 1.165) is 24.0 Å². The van der Waals surface area contributed by atoms with Crippen LogP contribution in [0.2, 0.25) is 10.0 Å². The zero-order chi connectivity index (χ0) is 22.1. The predicted octanol–water partition coefficient (Wildman–Crippen LogP) is 5.01. The van der Waals surface area contributed by atoms with Gasteiger partial charge in [0, 0.05) is 18.1 Å². The van der Waals surface area contributed by atoms with E-state index in [2.05, 4.69) is 12.2 Å². The van der Waals surface area contributed by atoms with E-state index in [9.17, 15) is 9.59 Å². The molecular weight excluding hydrogens is 423 g/mol. The molecule has 0 spiro atoms. The first-order chi connectivity index (χ1) is 14.3. The number of nitrogens with one attached hydrogen (secondary N) is 1. The van der Waals surface area contributed by atoms with Gasteiger partial charge >= 0.3 is 0 Å². The molecule has 0 saturated carbocycles. The van der Waals surface area contributed by atoms with Crippen LogP contribution >= 0.6 is 23.2 Å². The minimum atomic E-state index is -0.640. The maximum atomic E-state index is 13.0. The van der Waals surface area contributed by atoms with Crippen molar-refractivity contribution in [3.05, 3.63) is 63.6 Å². The molecule has 0 saturated heterocycles. The molecule has 0 bridgehead atoms. The Morgan fingerprint density at radius 3 is 2.60 bits per heavy atom. The highest BCUT2D eigenvalue weighted by Crippen LogP contribution is 2.27. The number of amides is 2. The zero-order valence-corrected chi connectivity index (χ0v) is 19.1. The number of hydrogen-bond acceptors (Lipinski definition) is 3. The molecule has 0 aromatic heterocycles. The number of benzene rings is 2. The summed E-state index contributed by atoms with van der Waals surface area (Å²) in [6.07, 6.45) is 1.87. The second kappa shape index (κ2) is 11.8. The monoisotopic (exact) mass is 450 g/mol. The lowest BCUT2D eigenvalue weighted by Crippen LogP contribution is -2.49. The standard InChI is InChI=1S/C23H28Cl2N2O3/c1-4-5-11-26-23(29)17(3)27(14-18-8-6-7-16(2)12-18)22(28)15-30-21-10-9-19(24)13-20(21)25/h6-10,12-13,17H,4-5,11,14-15H2,1-3H3,(H,26,29)/t17-/m1/s1. The summed E-state index contributed by atoms with van der Waals surface area (Å²) in [6, 6.07) is 12.0. The number of ether oxygens (including phenoxy) is 1. The van der Waals surface area contributed by atoms with Crippen molar-refractivity contribution in [3.8, 4) is 5.75 Å². The lowest BCUT2D eigenvalue weighted by molar-refractivity contribution is -0.142. The molecule has 2 aromatic rings. The van der Waals surface area contributed by atoms with Gasteiger partial charge in [0.25, 0.3) is 5.91 Å². The summed E-state index contributed by atoms with van der Waals surface area (Å²) in [5.41, 5.74) is 2.03. The van der Waals surface area contributed by atoms with Gasteiger partial charge < -0.3 is 15.0 Å². The van der Waals surface area contributed by atoms with Crippen LogP contribution in [0.3, 0.4) is 0 Å². The van der Waals surface area contributed by atoms with E-state index in [4.69, 9.17) is 27.9 Å². The second-order valence-electron chi connectivity index (χ2n) is 7.19. The summed E-state index contributed by atoms with van der Waals surface area (Å²) < 4.78 is 5.61. The maximum absolute atomic E-state index is 13.0. The summed E-state index contributed by atoms with van der Waals surface area (Å²) >= 11 is 12.0. The molecule has 0 fully saturated rings. The number of carbonyl (C=O) groups is 2. The molecule has 0 aliphatic rings. The van der Waals surface area contributed by atoms with Crippen LogP contribution in [0.5, 0.6) is 5.75 Å². The molecular formula is C23H28Cl2N2O3. The SMILES string of the molecule is CCCCNC(=O)[C@@H](C)N(Cc1cccc(C)c1)C(=O)COc1ccc(Cl)cc1Cl. The summed E-state index contributed by atoms with van der Waals surface area (Å²) in [4.78, 5) is 27.1. The molecule has 1 N–H and O–H groups in total. The molecule has 7 heteroatoms. The number of carbonyl (C=O) groups excluding carboxylic acids is 2. The van der Waals surface area contributed by atoms with E-state index in [0.29, 0.717) is 28.9 Å². The predicted molar refractivity (Wildman–Crippen MR) is 121 cm³/mol. The molecule has 0 heterocycles. The van der Waals surface area contributed by atoms with E-state index in [1.807, 2.05) is 31.2 Å². The van der Waals surface area contributed by atoms with Crippen LogP contribution in [-0.4, -0.2) is 35.9 Å². The van der Waals surface area contributed by atoms with Crippen LogP contribution < -0.4 is 10.1 Å². The van der Waals surface area contributed by atoms with Gasteiger partial charge in [-0.3, -0.25) is 9.59 Å². The highest BCUT2D eigenvalue weighted by Gasteiger charge is 2.26. The summed E-state index contributed by atoms with van der Waals surface area (Å²) in [7, 11) is 0. The van der Waals surface area contributed by atoms with Crippen LogP contribution in [-0.2, 0) is 16.1 Å². The normalized spacial score (nSPS) is 11.6. The van der Waals surface area contributed by atoms with Gasteiger partial charge in [-0.15, -0.1) is 0 Å². The fourth-order valence-corrected chi connectivity index (χ4v) is 3.40. The van der Waals surface area contributed by atoms with Crippen molar-refractivity contribution in [1.29, 1.82) is 0 Å². The Morgan fingerprint density at radius 1 is 1.17 bits per heavy atom. The topological polar surface area (TPSA) is 58.6 Å². The lowest BCUT2D eigenvalue weighted by Gasteiger charge is -2.29. The Balaban J connectivity index is 2.13. The number of hydrogen-bond donors (Lipinski definition) is 1. The maximum Gasteiger partial charge on any atom is 0.261 e. The van der Waals surface area contributed by atoms with E-state index in [1.165, 1.54) is 4.90 Å². The number of unbranched alkanes of at least 4 members (excludes halogenated alkanes) is 1. The molecule has 0 unspecified atom stereocenters. The molecule has 162 valence electrons. The Bertz CT molecular complexity index is 873. The van der Waals surface area contributed by atoms with Crippen LogP contribution in [0, 0.1) is 6.92 Å². The molecule has 2 amide bonds. The van der Waals surface area contributed by atoms with Crippen molar-refractivity contribution in [2.45, 2.75) is 46.2 Å². The van der Waals surface area contributed by atoms with Crippen molar-refractivity contribution in [2.75, 3.05) is 13.2 Å². The van der Waals surface area contributed by atoms with E-state index >= 15 is 0 Å². The van der Waals surface area contributed by atoms with Gasteiger partial charge in [-0.25, -0.2) is 0 Å². The van der Waals surface area contributed by atoms with Crippen molar-refractivity contribution in [2.24, 2.45) is 0 Å². The number of nitrogens with zero attached hydrogens (tertiary/aromatic N) is 1. The summed E-state index contributed by atoms with van der Waals surface area (Å²) in [5.74, 6) is -0.125. The number of rotatable bonds is 10. The average Bonchev–Trinajstić information content (AvgIpc) is 2.71. The minimum absolute atomic E-state index is 0.186. The molecule has 5 nitrogen and oxygen atoms in total. The van der Waals surface area contributed by atoms with Crippen LogP contribution in [0.1, 0.15) is 37.8 Å². The summed E-state index contributed by atoms with van der Waals surface area (Å²) in [5, 5.41) is 3.70. The van der Waals surface area contributed by atoms with Crippen molar-refractivity contribution in [3.63, 3.8) is 0 Å². The number of aryl methyl sites for hydroxylation is 1. The third-order valence-electron chi connectivity index (χ3n) is 4.68. The Morgan fingerprint density at radius 2 is 1.93 bits per heavy atom. The van der Waals surface area contributed by atoms with E-state index in [1.54, 1.807) is 25.1 Å². The average molecular weight is 451 g/mol. The fraction of sp³-hybridized carbons (Fsp3) is 0.391. The van der Waals surface area contributed by atoms with Gasteiger partial charge in [0.15, 0.2) is 6.61 Å². The highest BCUT2D eigenvalue weighted by atomic mass is 35.5. The third kappa shape index (κ3) is 7.22. The fourth-order valence-electron chi connectivity index (χ4n) is 2.94. The highest BCUT2D eigenvalue weighted by molar-refractivity contribution is 6.35. The molecule has 0 aliphatic carbocycles. The van der Waals surface area contributed by atoms with Crippen molar-refractivity contribution < 1.29 is 14.3 Å². The van der Waals surface area contributed by atoms with Crippen LogP contribution in [0.4, 0.5) is 0 Å². The van der Waals surface area contributed by atoms with Gasteiger partial charge in [0.1, 0.15) is 11.8 Å². The quantitative estimate of drug-likeness (QED) is 0.517. The van der Waals surface area contributed by atoms with Crippen molar-refractivity contribution >= 4 is 35.0 Å². The van der Waals surface area contributed by atoms with Gasteiger partial charge in [-0.05, 0) is 44.0 Å². The lowest BCUT2D eigenvalue weighted by atomic mass is 10.1. The largest absolute Gasteiger partial charge is 0.482 e. The Labute approximate surface area is 188 Å². The van der Waals surface area contributed by atoms with Gasteiger partial charge in [0.2, 0.25) is 5.91 Å². The van der Waals surface area contributed by atoms with E-state index < -0.39 is 6.04 Å². The number of halogens is 2. The van der Waals surface area contributed by atoms with Gasteiger partial charge in [0.05, 0.1) is 5.02 Å². The molecule has 0 radical (unpaired) electrons. The summed E-state index contributed by atoms with van der Waals surface area (Å²) in [6.45, 7) is 6.43. The zero-order valence-electron chi connectivity index (χ0n) is 17.6. The Kier molecular flexibility index (Phi) is 9.47. The minimum Gasteiger partial charge on any atom is -0.482 e. The third-order valence-corrected chi connectivity index (χ3v) is 5.21. The van der Waals surface area contributed by atoms with Crippen LogP contribution in [0.25, 0.3) is 0 Å². The molecule has 2 aromatic carbocycles. The van der Waals surface area contributed by atoms with Gasteiger partial charge in [-0.1, -0.05) is 66.4 Å². The Hall–Kier alpha value is -2.24. The van der Waals surface area contributed by atoms with Crippen molar-refractivity contribution in [1.82, 2.24) is 10.2 Å². The first kappa shape index (κ1) is 24.0. The van der Waals surface area contributed by atoms with Crippen LogP contribution in [0.15, 0.2) is 42.5 Å². The van der Waals surface area contributed by atoms with E-state index in [-0.39, 0.29) is 18.4 Å². The molecule has 2 rings (SSSR count). The first-order valence-electron chi connectivity index (χ1n) is 10.0. The van der Waals surface area contributed by atoms with Gasteiger partial charge in [-0.2, -0.15) is 0 Å². The molecule has 1 atom stereocenters. The smallest absolute Gasteiger partial charge is 0.261 e.